The minimum Gasteiger partial charge on any atom is -0.480 e. The zero-order valence-electron chi connectivity index (χ0n) is 17.9. The highest BCUT2D eigenvalue weighted by atomic mass is 33.1. The highest BCUT2D eigenvalue weighted by Gasteiger charge is 2.17. The molecule has 0 spiro atoms. The fourth-order valence-electron chi connectivity index (χ4n) is 2.43. The van der Waals surface area contributed by atoms with E-state index in [1.54, 1.807) is 36.5 Å². The summed E-state index contributed by atoms with van der Waals surface area (Å²) in [5.74, 6) is -0.947. The normalized spacial score (nSPS) is 13.0. The van der Waals surface area contributed by atoms with Gasteiger partial charge in [-0.3, -0.25) is 20.3 Å². The van der Waals surface area contributed by atoms with E-state index in [1.807, 2.05) is 0 Å². The fourth-order valence-corrected chi connectivity index (χ4v) is 5.50. The quantitative estimate of drug-likeness (QED) is 0.0503. The minimum atomic E-state index is -1.09. The molecule has 184 valence electrons. The summed E-state index contributed by atoms with van der Waals surface area (Å²) in [5, 5.41) is 24.2. The van der Waals surface area contributed by atoms with Crippen molar-refractivity contribution >= 4 is 72.1 Å². The molecule has 3 aromatic rings. The first-order valence-electron chi connectivity index (χ1n) is 9.87. The van der Waals surface area contributed by atoms with Crippen LogP contribution in [0.3, 0.4) is 0 Å². The van der Waals surface area contributed by atoms with Crippen LogP contribution in [0, 0.1) is 10.1 Å². The van der Waals surface area contributed by atoms with Crippen LogP contribution in [0.25, 0.3) is 10.2 Å². The van der Waals surface area contributed by atoms with Gasteiger partial charge in [0, 0.05) is 23.6 Å². The van der Waals surface area contributed by atoms with E-state index < -0.39 is 28.9 Å². The van der Waals surface area contributed by atoms with Gasteiger partial charge in [0.1, 0.15) is 17.8 Å². The maximum atomic E-state index is 12.1. The average Bonchev–Trinajstić information content (AvgIpc) is 3.24. The lowest BCUT2D eigenvalue weighted by atomic mass is 10.2. The molecule has 2 atom stereocenters. The number of nitrogens with one attached hydrogen (secondary N) is 1. The third-order valence-electron chi connectivity index (χ3n) is 4.25. The van der Waals surface area contributed by atoms with Gasteiger partial charge < -0.3 is 21.3 Å². The van der Waals surface area contributed by atoms with Crippen molar-refractivity contribution in [3.05, 3.63) is 58.1 Å². The topological polar surface area (TPSA) is 196 Å². The van der Waals surface area contributed by atoms with Gasteiger partial charge in [-0.05, 0) is 35.9 Å². The Morgan fingerprint density at radius 1 is 1.20 bits per heavy atom. The second kappa shape index (κ2) is 12.5. The summed E-state index contributed by atoms with van der Waals surface area (Å²) in [6.45, 7) is 0. The number of carboxylic acid groups (broad SMARTS) is 1. The Bertz CT molecular complexity index is 1240. The Morgan fingerprint density at radius 2 is 1.89 bits per heavy atom. The van der Waals surface area contributed by atoms with E-state index in [1.165, 1.54) is 45.1 Å². The lowest BCUT2D eigenvalue weighted by molar-refractivity contribution is -0.384. The number of non-ortho nitro benzene ring substituents is 1. The molecular weight excluding hydrogens is 516 g/mol. The van der Waals surface area contributed by atoms with Crippen molar-refractivity contribution in [3.8, 4) is 5.75 Å². The number of hydrazone groups is 1. The van der Waals surface area contributed by atoms with Gasteiger partial charge in [-0.15, -0.1) is 0 Å². The van der Waals surface area contributed by atoms with Crippen molar-refractivity contribution < 1.29 is 24.4 Å². The maximum Gasteiger partial charge on any atom is 0.329 e. The number of hydrogen-bond donors (Lipinski definition) is 4. The molecule has 6 N–H and O–H groups in total. The van der Waals surface area contributed by atoms with Crippen LogP contribution in [0.5, 0.6) is 5.75 Å². The first-order chi connectivity index (χ1) is 16.7. The Balaban J connectivity index is 1.46. The number of nitrogens with two attached hydrogens (primary N) is 2. The molecule has 0 amide bonds. The summed E-state index contributed by atoms with van der Waals surface area (Å²) in [6.07, 6.45) is 1.54. The second-order valence-electron chi connectivity index (χ2n) is 6.91. The number of aromatic nitrogens is 1. The molecule has 0 fully saturated rings. The van der Waals surface area contributed by atoms with Gasteiger partial charge in [0.2, 0.25) is 5.13 Å². The molecule has 0 saturated heterocycles. The number of carbonyl (C=O) groups excluding carboxylic acids is 1. The number of nitro benzene ring substituents is 1. The number of ether oxygens (including phenoxy) is 1. The number of hydrogen-bond acceptors (Lipinski definition) is 13. The first-order valence-corrected chi connectivity index (χ1v) is 13.2. The maximum absolute atomic E-state index is 12.1. The molecule has 12 nitrogen and oxygen atoms in total. The Hall–Kier alpha value is -3.24. The van der Waals surface area contributed by atoms with Gasteiger partial charge in [0.05, 0.1) is 21.4 Å². The Kier molecular flexibility index (Phi) is 9.39. The molecule has 35 heavy (non-hydrogen) atoms. The van der Waals surface area contributed by atoms with E-state index in [0.29, 0.717) is 21.1 Å². The molecule has 0 aliphatic carbocycles. The largest absolute Gasteiger partial charge is 0.480 e. The van der Waals surface area contributed by atoms with E-state index in [4.69, 9.17) is 21.3 Å². The highest BCUT2D eigenvalue weighted by Crippen LogP contribution is 2.29. The third kappa shape index (κ3) is 7.90. The second-order valence-corrected chi connectivity index (χ2v) is 10.5. The molecule has 15 heteroatoms. The van der Waals surface area contributed by atoms with E-state index >= 15 is 0 Å². The van der Waals surface area contributed by atoms with Crippen molar-refractivity contribution in [1.29, 1.82) is 0 Å². The van der Waals surface area contributed by atoms with Crippen molar-refractivity contribution in [2.45, 2.75) is 12.1 Å². The van der Waals surface area contributed by atoms with Gasteiger partial charge in [-0.25, -0.2) is 9.78 Å². The standard InChI is InChI=1S/C20H20N6O6S3/c21-14(18(27)28)9-33-34-10-15(22)19(29)32-13-4-1-11(2-5-13)8-23-25-20-24-16-6-3-12(26(30)31)7-17(16)35-20/h1-8,14-15H,9-10,21-22H2,(H,24,25)(H,27,28)/b23-8+. The summed E-state index contributed by atoms with van der Waals surface area (Å²) in [4.78, 5) is 37.5. The summed E-state index contributed by atoms with van der Waals surface area (Å²) in [6, 6.07) is 9.15. The molecular formula is C20H20N6O6S3. The van der Waals surface area contributed by atoms with Crippen LogP contribution >= 0.6 is 32.9 Å². The summed E-state index contributed by atoms with van der Waals surface area (Å²) in [7, 11) is 2.47. The van der Waals surface area contributed by atoms with Crippen molar-refractivity contribution in [2.75, 3.05) is 16.9 Å². The Morgan fingerprint density at radius 3 is 2.54 bits per heavy atom. The monoisotopic (exact) mass is 536 g/mol. The summed E-state index contributed by atoms with van der Waals surface area (Å²) < 4.78 is 5.93. The molecule has 1 heterocycles. The number of carbonyl (C=O) groups is 2. The van der Waals surface area contributed by atoms with Crippen LogP contribution in [-0.2, 0) is 9.59 Å². The van der Waals surface area contributed by atoms with E-state index in [0.717, 1.165) is 5.56 Å². The zero-order valence-corrected chi connectivity index (χ0v) is 20.3. The lowest BCUT2D eigenvalue weighted by Crippen LogP contribution is -2.36. The molecule has 3 rings (SSSR count). The van der Waals surface area contributed by atoms with Gasteiger partial charge in [0.15, 0.2) is 0 Å². The zero-order chi connectivity index (χ0) is 25.4. The highest BCUT2D eigenvalue weighted by molar-refractivity contribution is 8.76. The minimum absolute atomic E-state index is 0.00364. The van der Waals surface area contributed by atoms with Crippen molar-refractivity contribution in [1.82, 2.24) is 4.98 Å². The molecule has 0 aliphatic rings. The molecule has 1 aromatic heterocycles. The van der Waals surface area contributed by atoms with E-state index in [9.17, 15) is 19.7 Å². The first kappa shape index (κ1) is 26.4. The van der Waals surface area contributed by atoms with Crippen LogP contribution in [0.1, 0.15) is 5.56 Å². The van der Waals surface area contributed by atoms with Crippen LogP contribution in [0.15, 0.2) is 47.6 Å². The number of anilines is 1. The Labute approximate surface area is 210 Å². The lowest BCUT2D eigenvalue weighted by Gasteiger charge is -2.11. The van der Waals surface area contributed by atoms with Crippen molar-refractivity contribution in [2.24, 2.45) is 16.6 Å². The molecule has 0 radical (unpaired) electrons. The number of thiazole rings is 1. The number of nitrogens with zero attached hydrogens (tertiary/aromatic N) is 3. The summed E-state index contributed by atoms with van der Waals surface area (Å²) in [5.41, 5.74) is 15.4. The molecule has 0 saturated carbocycles. The number of fused-ring (bicyclic) bond motifs is 1. The number of rotatable bonds is 12. The summed E-state index contributed by atoms with van der Waals surface area (Å²) >= 11 is 1.24. The molecule has 0 bridgehead atoms. The molecule has 2 aromatic carbocycles. The van der Waals surface area contributed by atoms with Gasteiger partial charge in [0.25, 0.3) is 5.69 Å². The number of nitro groups is 1. The number of carboxylic acids is 1. The van der Waals surface area contributed by atoms with Gasteiger partial charge in [-0.2, -0.15) is 5.10 Å². The number of esters is 1. The SMILES string of the molecule is NC(CSSCC(N)C(=O)Oc1ccc(/C=N/Nc2nc3ccc([N+](=O)[O-])cc3s2)cc1)C(=O)O. The van der Waals surface area contributed by atoms with Crippen LogP contribution in [-0.4, -0.2) is 56.8 Å². The average molecular weight is 537 g/mol. The van der Waals surface area contributed by atoms with Crippen LogP contribution < -0.4 is 21.6 Å². The van der Waals surface area contributed by atoms with E-state index in [2.05, 4.69) is 15.5 Å². The van der Waals surface area contributed by atoms with Gasteiger partial charge >= 0.3 is 11.9 Å². The number of aliphatic carboxylic acids is 1. The smallest absolute Gasteiger partial charge is 0.329 e. The predicted molar refractivity (Wildman–Crippen MR) is 138 cm³/mol. The van der Waals surface area contributed by atoms with Crippen molar-refractivity contribution in [3.63, 3.8) is 0 Å². The van der Waals surface area contributed by atoms with Crippen LogP contribution in [0.4, 0.5) is 10.8 Å². The van der Waals surface area contributed by atoms with Gasteiger partial charge in [-0.1, -0.05) is 32.9 Å². The fraction of sp³-hybridized carbons (Fsp3) is 0.200. The van der Waals surface area contributed by atoms with Crippen LogP contribution in [0.2, 0.25) is 0 Å². The molecule has 2 unspecified atom stereocenters. The van der Waals surface area contributed by atoms with E-state index in [-0.39, 0.29) is 17.2 Å². The molecule has 0 aliphatic heterocycles. The predicted octanol–water partition coefficient (Wildman–Crippen LogP) is 2.68. The number of benzene rings is 2. The third-order valence-corrected chi connectivity index (χ3v) is 7.65.